The van der Waals surface area contributed by atoms with Crippen molar-refractivity contribution in [2.24, 2.45) is 0 Å². The highest BCUT2D eigenvalue weighted by Crippen LogP contribution is 2.33. The molecule has 1 saturated heterocycles. The molecule has 1 aliphatic rings. The van der Waals surface area contributed by atoms with Gasteiger partial charge >= 0.3 is 6.03 Å². The summed E-state index contributed by atoms with van der Waals surface area (Å²) >= 11 is 0. The molecular weight excluding hydrogens is 366 g/mol. The number of anilines is 1. The summed E-state index contributed by atoms with van der Waals surface area (Å²) in [5, 5.41) is 16.6. The van der Waals surface area contributed by atoms with E-state index in [1.165, 1.54) is 0 Å². The number of rotatable bonds is 4. The minimum Gasteiger partial charge on any atom is -0.385 e. The Morgan fingerprint density at radius 2 is 1.72 bits per heavy atom. The number of nitrogens with zero attached hydrogens (tertiary/aromatic N) is 1. The van der Waals surface area contributed by atoms with Crippen LogP contribution in [-0.2, 0) is 5.60 Å². The lowest BCUT2D eigenvalue weighted by molar-refractivity contribution is -0.0211. The van der Waals surface area contributed by atoms with E-state index in [0.29, 0.717) is 37.2 Å². The first kappa shape index (κ1) is 20.9. The largest absolute Gasteiger partial charge is 0.385 e. The van der Waals surface area contributed by atoms with Crippen molar-refractivity contribution in [1.29, 1.82) is 0 Å². The fraction of sp³-hybridized carbons (Fsp3) is 0.391. The van der Waals surface area contributed by atoms with Crippen LogP contribution in [0.25, 0.3) is 0 Å². The number of urea groups is 1. The molecule has 3 rings (SSSR count). The normalized spacial score (nSPS) is 15.8. The van der Waals surface area contributed by atoms with Gasteiger partial charge in [-0.05, 0) is 56.9 Å². The van der Waals surface area contributed by atoms with Gasteiger partial charge in [0.1, 0.15) is 0 Å². The summed E-state index contributed by atoms with van der Waals surface area (Å²) in [6, 6.07) is 14.7. The number of benzene rings is 2. The predicted molar refractivity (Wildman–Crippen MR) is 114 cm³/mol. The molecule has 0 aliphatic carbocycles. The van der Waals surface area contributed by atoms with Crippen LogP contribution in [0.1, 0.15) is 48.2 Å². The molecule has 1 heterocycles. The first-order chi connectivity index (χ1) is 13.8. The highest BCUT2D eigenvalue weighted by Gasteiger charge is 2.35. The van der Waals surface area contributed by atoms with Crippen LogP contribution >= 0.6 is 0 Å². The molecule has 154 valence electrons. The first-order valence-corrected chi connectivity index (χ1v) is 10.0. The fourth-order valence-corrected chi connectivity index (χ4v) is 3.61. The van der Waals surface area contributed by atoms with Crippen LogP contribution in [0, 0.1) is 6.92 Å². The predicted octanol–water partition coefficient (Wildman–Crippen LogP) is 3.65. The van der Waals surface area contributed by atoms with Gasteiger partial charge in [-0.15, -0.1) is 0 Å². The van der Waals surface area contributed by atoms with Gasteiger partial charge in [0.15, 0.2) is 0 Å². The lowest BCUT2D eigenvalue weighted by Gasteiger charge is -2.38. The number of nitrogens with one attached hydrogen (secondary N) is 2. The topological polar surface area (TPSA) is 81.7 Å². The van der Waals surface area contributed by atoms with Crippen molar-refractivity contribution < 1.29 is 14.7 Å². The standard InChI is InChI=1S/C23H29N3O3/c1-16(2)24-22(28)25-20-15-18(10-9-17(20)3)21(27)26-13-11-23(29,12-14-26)19-7-5-4-6-8-19/h4-10,15-16,29H,11-14H2,1-3H3,(H2,24,25,28). The molecule has 0 aromatic heterocycles. The molecule has 2 aromatic carbocycles. The zero-order chi connectivity index (χ0) is 21.0. The van der Waals surface area contributed by atoms with Crippen LogP contribution in [0.5, 0.6) is 0 Å². The molecule has 6 nitrogen and oxygen atoms in total. The van der Waals surface area contributed by atoms with Crippen LogP contribution < -0.4 is 10.6 Å². The number of aliphatic hydroxyl groups is 1. The van der Waals surface area contributed by atoms with Crippen molar-refractivity contribution >= 4 is 17.6 Å². The zero-order valence-electron chi connectivity index (χ0n) is 17.2. The van der Waals surface area contributed by atoms with Gasteiger partial charge < -0.3 is 20.6 Å². The maximum Gasteiger partial charge on any atom is 0.319 e. The molecule has 1 fully saturated rings. The molecule has 29 heavy (non-hydrogen) atoms. The summed E-state index contributed by atoms with van der Waals surface area (Å²) in [5.41, 5.74) is 2.03. The maximum atomic E-state index is 13.0. The van der Waals surface area contributed by atoms with Gasteiger partial charge in [0.2, 0.25) is 0 Å². The first-order valence-electron chi connectivity index (χ1n) is 10.0. The van der Waals surface area contributed by atoms with Gasteiger partial charge in [-0.1, -0.05) is 36.4 Å². The molecule has 0 radical (unpaired) electrons. The van der Waals surface area contributed by atoms with Crippen LogP contribution in [0.15, 0.2) is 48.5 Å². The highest BCUT2D eigenvalue weighted by molar-refractivity contribution is 5.97. The summed E-state index contributed by atoms with van der Waals surface area (Å²) in [5.74, 6) is -0.0903. The SMILES string of the molecule is Cc1ccc(C(=O)N2CCC(O)(c3ccccc3)CC2)cc1NC(=O)NC(C)C. The third kappa shape index (κ3) is 4.95. The number of hydrogen-bond acceptors (Lipinski definition) is 3. The molecule has 0 saturated carbocycles. The van der Waals surface area contributed by atoms with E-state index in [4.69, 9.17) is 0 Å². The molecule has 0 bridgehead atoms. The molecule has 1 aliphatic heterocycles. The molecule has 0 spiro atoms. The van der Waals surface area contributed by atoms with Crippen molar-refractivity contribution in [2.75, 3.05) is 18.4 Å². The van der Waals surface area contributed by atoms with Crippen molar-refractivity contribution in [3.63, 3.8) is 0 Å². The van der Waals surface area contributed by atoms with E-state index in [2.05, 4.69) is 10.6 Å². The number of carbonyl (C=O) groups excluding carboxylic acids is 2. The molecule has 0 unspecified atom stereocenters. The smallest absolute Gasteiger partial charge is 0.319 e. The lowest BCUT2D eigenvalue weighted by atomic mass is 9.84. The van der Waals surface area contributed by atoms with Gasteiger partial charge in [-0.25, -0.2) is 4.79 Å². The average molecular weight is 396 g/mol. The Morgan fingerprint density at radius 3 is 2.34 bits per heavy atom. The molecule has 0 atom stereocenters. The monoisotopic (exact) mass is 395 g/mol. The van der Waals surface area contributed by atoms with Crippen LogP contribution in [0.4, 0.5) is 10.5 Å². The van der Waals surface area contributed by atoms with Crippen molar-refractivity contribution in [3.05, 3.63) is 65.2 Å². The van der Waals surface area contributed by atoms with Crippen molar-refractivity contribution in [1.82, 2.24) is 10.2 Å². The number of likely N-dealkylation sites (tertiary alicyclic amines) is 1. The van der Waals surface area contributed by atoms with E-state index in [0.717, 1.165) is 11.1 Å². The number of hydrogen-bond donors (Lipinski definition) is 3. The Morgan fingerprint density at radius 1 is 1.07 bits per heavy atom. The second-order valence-electron chi connectivity index (χ2n) is 7.97. The average Bonchev–Trinajstić information content (AvgIpc) is 2.70. The Kier molecular flexibility index (Phi) is 6.23. The summed E-state index contributed by atoms with van der Waals surface area (Å²) in [7, 11) is 0. The Balaban J connectivity index is 1.68. The summed E-state index contributed by atoms with van der Waals surface area (Å²) in [6.07, 6.45) is 0.993. The van der Waals surface area contributed by atoms with E-state index in [-0.39, 0.29) is 18.0 Å². The summed E-state index contributed by atoms with van der Waals surface area (Å²) in [6.45, 7) is 6.63. The minimum atomic E-state index is -0.896. The van der Waals surface area contributed by atoms with Crippen LogP contribution in [0.2, 0.25) is 0 Å². The molecular formula is C23H29N3O3. The molecule has 3 N–H and O–H groups in total. The van der Waals surface area contributed by atoms with Gasteiger partial charge in [0, 0.05) is 30.4 Å². The Bertz CT molecular complexity index is 872. The lowest BCUT2D eigenvalue weighted by Crippen LogP contribution is -2.45. The Hall–Kier alpha value is -2.86. The van der Waals surface area contributed by atoms with Gasteiger partial charge in [0.25, 0.3) is 5.91 Å². The maximum absolute atomic E-state index is 13.0. The van der Waals surface area contributed by atoms with Crippen LogP contribution in [-0.4, -0.2) is 41.1 Å². The van der Waals surface area contributed by atoms with E-state index in [1.54, 1.807) is 17.0 Å². The quantitative estimate of drug-likeness (QED) is 0.739. The van der Waals surface area contributed by atoms with E-state index in [9.17, 15) is 14.7 Å². The van der Waals surface area contributed by atoms with Crippen LogP contribution in [0.3, 0.4) is 0 Å². The van der Waals surface area contributed by atoms with E-state index < -0.39 is 5.60 Å². The van der Waals surface area contributed by atoms with Crippen molar-refractivity contribution in [3.8, 4) is 0 Å². The van der Waals surface area contributed by atoms with Gasteiger partial charge in [0.05, 0.1) is 5.60 Å². The van der Waals surface area contributed by atoms with E-state index in [1.807, 2.05) is 57.2 Å². The van der Waals surface area contributed by atoms with Crippen molar-refractivity contribution in [2.45, 2.75) is 45.3 Å². The van der Waals surface area contributed by atoms with E-state index >= 15 is 0 Å². The zero-order valence-corrected chi connectivity index (χ0v) is 17.2. The second kappa shape index (κ2) is 8.66. The molecule has 2 aromatic rings. The third-order valence-electron chi connectivity index (χ3n) is 5.34. The highest BCUT2D eigenvalue weighted by atomic mass is 16.3. The third-order valence-corrected chi connectivity index (χ3v) is 5.34. The number of piperidine rings is 1. The van der Waals surface area contributed by atoms with Gasteiger partial charge in [-0.2, -0.15) is 0 Å². The number of amides is 3. The molecule has 3 amide bonds. The fourth-order valence-electron chi connectivity index (χ4n) is 3.61. The number of carbonyl (C=O) groups is 2. The summed E-state index contributed by atoms with van der Waals surface area (Å²) < 4.78 is 0. The molecule has 6 heteroatoms. The number of aryl methyl sites for hydroxylation is 1. The Labute approximate surface area is 171 Å². The second-order valence-corrected chi connectivity index (χ2v) is 7.97. The van der Waals surface area contributed by atoms with Gasteiger partial charge in [-0.3, -0.25) is 4.79 Å². The minimum absolute atomic E-state index is 0.0248. The summed E-state index contributed by atoms with van der Waals surface area (Å²) in [4.78, 5) is 26.8.